The minimum atomic E-state index is 0.391. The van der Waals surface area contributed by atoms with Gasteiger partial charge in [-0.1, -0.05) is 49.7 Å². The van der Waals surface area contributed by atoms with Crippen LogP contribution in [-0.4, -0.2) is 15.8 Å². The molecule has 0 saturated heterocycles. The van der Waals surface area contributed by atoms with Crippen LogP contribution >= 0.6 is 11.6 Å². The molecule has 0 amide bonds. The molecule has 1 N–H and O–H groups in total. The lowest BCUT2D eigenvalue weighted by Crippen LogP contribution is -2.34. The summed E-state index contributed by atoms with van der Waals surface area (Å²) in [6, 6.07) is 9.29. The zero-order valence-corrected chi connectivity index (χ0v) is 14.3. The van der Waals surface area contributed by atoms with Crippen molar-refractivity contribution in [1.29, 1.82) is 0 Å². The molecular weight excluding hydrogens is 294 g/mol. The van der Waals surface area contributed by atoms with Crippen LogP contribution in [0.4, 0.5) is 0 Å². The fourth-order valence-corrected chi connectivity index (χ4v) is 3.51. The van der Waals surface area contributed by atoms with E-state index in [4.69, 9.17) is 11.6 Å². The number of nitrogens with zero attached hydrogens (tertiary/aromatic N) is 2. The summed E-state index contributed by atoms with van der Waals surface area (Å²) in [6.45, 7) is 5.13. The zero-order valence-electron chi connectivity index (χ0n) is 13.6. The van der Waals surface area contributed by atoms with Crippen LogP contribution in [-0.2, 0) is 26.4 Å². The molecule has 0 fully saturated rings. The van der Waals surface area contributed by atoms with Gasteiger partial charge in [0.25, 0.3) is 0 Å². The van der Waals surface area contributed by atoms with Gasteiger partial charge in [-0.25, -0.2) is 0 Å². The lowest BCUT2D eigenvalue weighted by Gasteiger charge is -2.25. The second-order valence-corrected chi connectivity index (χ2v) is 6.88. The summed E-state index contributed by atoms with van der Waals surface area (Å²) in [5.41, 5.74) is 5.24. The molecule has 4 heteroatoms. The Morgan fingerprint density at radius 1 is 1.32 bits per heavy atom. The summed E-state index contributed by atoms with van der Waals surface area (Å²) in [5.74, 6) is 0.391. The van der Waals surface area contributed by atoms with Gasteiger partial charge in [0.1, 0.15) is 5.15 Å². The number of benzene rings is 1. The Balaban J connectivity index is 1.69. The quantitative estimate of drug-likeness (QED) is 0.928. The van der Waals surface area contributed by atoms with Crippen molar-refractivity contribution in [3.05, 3.63) is 51.8 Å². The fourth-order valence-electron chi connectivity index (χ4n) is 3.31. The third-order valence-electron chi connectivity index (χ3n) is 4.56. The molecular formula is C18H24ClN3. The first-order chi connectivity index (χ1) is 10.6. The fraction of sp³-hybridized carbons (Fsp3) is 0.500. The first kappa shape index (κ1) is 15.6. The number of rotatable bonds is 4. The van der Waals surface area contributed by atoms with Crippen LogP contribution in [0.2, 0.25) is 5.15 Å². The molecule has 1 aliphatic carbocycles. The molecule has 0 aliphatic heterocycles. The van der Waals surface area contributed by atoms with Crippen molar-refractivity contribution in [3.8, 4) is 0 Å². The molecule has 1 aromatic heterocycles. The average Bonchev–Trinajstić information content (AvgIpc) is 2.81. The molecule has 0 spiro atoms. The van der Waals surface area contributed by atoms with Crippen LogP contribution in [0.25, 0.3) is 0 Å². The monoisotopic (exact) mass is 317 g/mol. The van der Waals surface area contributed by atoms with Gasteiger partial charge in [-0.3, -0.25) is 4.68 Å². The van der Waals surface area contributed by atoms with Gasteiger partial charge in [0, 0.05) is 25.2 Å². The van der Waals surface area contributed by atoms with Crippen LogP contribution < -0.4 is 5.32 Å². The van der Waals surface area contributed by atoms with E-state index in [9.17, 15) is 0 Å². The number of aromatic nitrogens is 2. The third-order valence-corrected chi connectivity index (χ3v) is 5.03. The molecule has 0 unspecified atom stereocenters. The van der Waals surface area contributed by atoms with E-state index < -0.39 is 0 Å². The summed E-state index contributed by atoms with van der Waals surface area (Å²) in [5, 5.41) is 9.00. The Kier molecular flexibility index (Phi) is 4.55. The maximum Gasteiger partial charge on any atom is 0.131 e. The van der Waals surface area contributed by atoms with E-state index in [-0.39, 0.29) is 0 Å². The molecule has 1 atom stereocenters. The predicted octanol–water partition coefficient (Wildman–Crippen LogP) is 3.84. The summed E-state index contributed by atoms with van der Waals surface area (Å²) in [6.07, 6.45) is 3.45. The Labute approximate surface area is 137 Å². The number of aryl methyl sites for hydroxylation is 2. The van der Waals surface area contributed by atoms with Crippen molar-refractivity contribution in [3.63, 3.8) is 0 Å². The number of nitrogens with one attached hydrogen (secondary N) is 1. The summed E-state index contributed by atoms with van der Waals surface area (Å²) >= 11 is 6.42. The van der Waals surface area contributed by atoms with Gasteiger partial charge in [0.2, 0.25) is 0 Å². The highest BCUT2D eigenvalue weighted by Crippen LogP contribution is 2.26. The SMILES string of the molecule is CC(C)c1nn(C)c(Cl)c1CN[C@@H]1CCc2ccccc2C1. The third kappa shape index (κ3) is 3.06. The van der Waals surface area contributed by atoms with Gasteiger partial charge in [-0.15, -0.1) is 0 Å². The predicted molar refractivity (Wildman–Crippen MR) is 91.4 cm³/mol. The standard InChI is InChI=1S/C18H24ClN3/c1-12(2)17-16(18(19)22(3)21-17)11-20-15-9-8-13-6-4-5-7-14(13)10-15/h4-7,12,15,20H,8-11H2,1-3H3/t15-/m1/s1. The van der Waals surface area contributed by atoms with Crippen LogP contribution in [0.3, 0.4) is 0 Å². The molecule has 2 aromatic rings. The minimum Gasteiger partial charge on any atom is -0.309 e. The Morgan fingerprint density at radius 3 is 2.77 bits per heavy atom. The summed E-state index contributed by atoms with van der Waals surface area (Å²) in [7, 11) is 1.91. The van der Waals surface area contributed by atoms with E-state index in [1.165, 1.54) is 17.5 Å². The van der Waals surface area contributed by atoms with Gasteiger partial charge < -0.3 is 5.32 Å². The van der Waals surface area contributed by atoms with Gasteiger partial charge >= 0.3 is 0 Å². The van der Waals surface area contributed by atoms with E-state index in [1.807, 2.05) is 7.05 Å². The lowest BCUT2D eigenvalue weighted by molar-refractivity contribution is 0.456. The first-order valence-electron chi connectivity index (χ1n) is 8.07. The summed E-state index contributed by atoms with van der Waals surface area (Å²) in [4.78, 5) is 0. The van der Waals surface area contributed by atoms with Crippen molar-refractivity contribution >= 4 is 11.6 Å². The van der Waals surface area contributed by atoms with Gasteiger partial charge in [0.05, 0.1) is 5.69 Å². The number of halogens is 1. The maximum absolute atomic E-state index is 6.42. The first-order valence-corrected chi connectivity index (χ1v) is 8.45. The van der Waals surface area contributed by atoms with Crippen LogP contribution in [0.15, 0.2) is 24.3 Å². The van der Waals surface area contributed by atoms with Gasteiger partial charge in [-0.05, 0) is 36.3 Å². The van der Waals surface area contributed by atoms with Crippen LogP contribution in [0, 0.1) is 0 Å². The summed E-state index contributed by atoms with van der Waals surface area (Å²) < 4.78 is 1.78. The van der Waals surface area contributed by atoms with E-state index in [2.05, 4.69) is 48.5 Å². The highest BCUT2D eigenvalue weighted by Gasteiger charge is 2.21. The Hall–Kier alpha value is -1.32. The highest BCUT2D eigenvalue weighted by atomic mass is 35.5. The van der Waals surface area contributed by atoms with Crippen molar-refractivity contribution in [2.24, 2.45) is 7.05 Å². The molecule has 3 rings (SSSR count). The molecule has 1 heterocycles. The molecule has 3 nitrogen and oxygen atoms in total. The maximum atomic E-state index is 6.42. The Bertz CT molecular complexity index is 660. The lowest BCUT2D eigenvalue weighted by atomic mass is 9.88. The highest BCUT2D eigenvalue weighted by molar-refractivity contribution is 6.30. The van der Waals surface area contributed by atoms with Gasteiger partial charge in [0.15, 0.2) is 0 Å². The van der Waals surface area contributed by atoms with E-state index in [1.54, 1.807) is 4.68 Å². The van der Waals surface area contributed by atoms with E-state index in [0.717, 1.165) is 35.8 Å². The number of hydrogen-bond acceptors (Lipinski definition) is 2. The zero-order chi connectivity index (χ0) is 15.7. The molecule has 0 radical (unpaired) electrons. The number of hydrogen-bond donors (Lipinski definition) is 1. The minimum absolute atomic E-state index is 0.391. The van der Waals surface area contributed by atoms with E-state index in [0.29, 0.717) is 12.0 Å². The molecule has 1 aliphatic rings. The molecule has 118 valence electrons. The van der Waals surface area contributed by atoms with Crippen LogP contribution in [0.5, 0.6) is 0 Å². The molecule has 0 bridgehead atoms. The van der Waals surface area contributed by atoms with Crippen molar-refractivity contribution < 1.29 is 0 Å². The normalized spacial score (nSPS) is 17.8. The molecule has 1 aromatic carbocycles. The molecule has 0 saturated carbocycles. The second-order valence-electron chi connectivity index (χ2n) is 6.52. The topological polar surface area (TPSA) is 29.9 Å². The van der Waals surface area contributed by atoms with E-state index >= 15 is 0 Å². The largest absolute Gasteiger partial charge is 0.309 e. The Morgan fingerprint density at radius 2 is 2.05 bits per heavy atom. The number of fused-ring (bicyclic) bond motifs is 1. The van der Waals surface area contributed by atoms with Crippen molar-refractivity contribution in [2.45, 2.75) is 51.6 Å². The van der Waals surface area contributed by atoms with Gasteiger partial charge in [-0.2, -0.15) is 5.10 Å². The smallest absolute Gasteiger partial charge is 0.131 e. The van der Waals surface area contributed by atoms with Crippen molar-refractivity contribution in [1.82, 2.24) is 15.1 Å². The average molecular weight is 318 g/mol. The van der Waals surface area contributed by atoms with Crippen LogP contribution in [0.1, 0.15) is 48.6 Å². The molecule has 22 heavy (non-hydrogen) atoms. The second kappa shape index (κ2) is 6.43. The van der Waals surface area contributed by atoms with Crippen molar-refractivity contribution in [2.75, 3.05) is 0 Å².